The summed E-state index contributed by atoms with van der Waals surface area (Å²) in [5.74, 6) is -0.479. The summed E-state index contributed by atoms with van der Waals surface area (Å²) in [6.45, 7) is 6.48. The van der Waals surface area contributed by atoms with Gasteiger partial charge >= 0.3 is 12.0 Å². The molecule has 21 heavy (non-hydrogen) atoms. The molecular formula is C14H22N2O4S. The molecule has 1 heterocycles. The van der Waals surface area contributed by atoms with E-state index in [1.807, 2.05) is 20.8 Å². The first kappa shape index (κ1) is 17.5. The van der Waals surface area contributed by atoms with Crippen LogP contribution in [0.1, 0.15) is 42.4 Å². The number of aliphatic hydroxyl groups excluding tert-OH is 1. The number of nitrogens with one attached hydrogen (secondary N) is 2. The summed E-state index contributed by atoms with van der Waals surface area (Å²) < 4.78 is 4.75. The van der Waals surface area contributed by atoms with Gasteiger partial charge in [0.2, 0.25) is 0 Å². The molecule has 3 N–H and O–H groups in total. The largest absolute Gasteiger partial charge is 0.465 e. The molecule has 0 aliphatic heterocycles. The molecule has 0 saturated carbocycles. The number of hydrogen-bond donors (Lipinski definition) is 3. The zero-order valence-electron chi connectivity index (χ0n) is 12.8. The molecule has 0 saturated heterocycles. The predicted octanol–water partition coefficient (Wildman–Crippen LogP) is 2.34. The third kappa shape index (κ3) is 5.02. The fourth-order valence-corrected chi connectivity index (χ4v) is 2.64. The lowest BCUT2D eigenvalue weighted by molar-refractivity contribution is 0.0602. The molecule has 0 radical (unpaired) electrons. The third-order valence-electron chi connectivity index (χ3n) is 2.72. The van der Waals surface area contributed by atoms with Crippen molar-refractivity contribution in [2.24, 2.45) is 0 Å². The minimum atomic E-state index is -0.479. The highest BCUT2D eigenvalue weighted by molar-refractivity contribution is 7.16. The summed E-state index contributed by atoms with van der Waals surface area (Å²) in [5, 5.41) is 14.4. The van der Waals surface area contributed by atoms with Crippen molar-refractivity contribution in [3.8, 4) is 0 Å². The van der Waals surface area contributed by atoms with Gasteiger partial charge in [-0.05, 0) is 17.9 Å². The number of methoxy groups -OCH3 is 1. The Kier molecular flexibility index (Phi) is 6.17. The Balaban J connectivity index is 2.91. The van der Waals surface area contributed by atoms with Gasteiger partial charge in [-0.1, -0.05) is 20.8 Å². The monoisotopic (exact) mass is 314 g/mol. The van der Waals surface area contributed by atoms with Gasteiger partial charge in [0.15, 0.2) is 0 Å². The predicted molar refractivity (Wildman–Crippen MR) is 83.1 cm³/mol. The highest BCUT2D eigenvalue weighted by Crippen LogP contribution is 2.36. The third-order valence-corrected chi connectivity index (χ3v) is 4.20. The lowest BCUT2D eigenvalue weighted by Gasteiger charge is -2.15. The van der Waals surface area contributed by atoms with Gasteiger partial charge in [-0.25, -0.2) is 9.59 Å². The van der Waals surface area contributed by atoms with Crippen molar-refractivity contribution in [2.45, 2.75) is 32.6 Å². The van der Waals surface area contributed by atoms with Crippen LogP contribution in [0.4, 0.5) is 9.80 Å². The molecular weight excluding hydrogens is 292 g/mol. The minimum Gasteiger partial charge on any atom is -0.465 e. The van der Waals surface area contributed by atoms with Crippen LogP contribution in [0, 0.1) is 0 Å². The number of carbonyl (C=O) groups excluding carboxylic acids is 2. The van der Waals surface area contributed by atoms with Crippen molar-refractivity contribution in [2.75, 3.05) is 25.6 Å². The molecule has 2 amide bonds. The van der Waals surface area contributed by atoms with E-state index in [-0.39, 0.29) is 12.0 Å². The highest BCUT2D eigenvalue weighted by Gasteiger charge is 2.24. The molecule has 0 bridgehead atoms. The van der Waals surface area contributed by atoms with Crippen molar-refractivity contribution in [3.63, 3.8) is 0 Å². The normalized spacial score (nSPS) is 11.1. The molecule has 118 valence electrons. The van der Waals surface area contributed by atoms with Crippen LogP contribution in [0.3, 0.4) is 0 Å². The maximum absolute atomic E-state index is 11.8. The first-order chi connectivity index (χ1) is 9.79. The van der Waals surface area contributed by atoms with Crippen molar-refractivity contribution in [1.82, 2.24) is 5.32 Å². The van der Waals surface area contributed by atoms with E-state index in [0.717, 1.165) is 4.88 Å². The molecule has 0 spiro atoms. The first-order valence-corrected chi connectivity index (χ1v) is 7.49. The Labute approximate surface area is 128 Å². The number of anilines is 1. The molecule has 0 fully saturated rings. The molecule has 0 atom stereocenters. The Morgan fingerprint density at radius 3 is 2.57 bits per heavy atom. The maximum Gasteiger partial charge on any atom is 0.340 e. The second-order valence-corrected chi connectivity index (χ2v) is 6.61. The van der Waals surface area contributed by atoms with Crippen molar-refractivity contribution in [3.05, 3.63) is 16.5 Å². The summed E-state index contributed by atoms with van der Waals surface area (Å²) in [6, 6.07) is 1.34. The van der Waals surface area contributed by atoms with Gasteiger partial charge in [-0.3, -0.25) is 5.32 Å². The van der Waals surface area contributed by atoms with E-state index < -0.39 is 12.0 Å². The Morgan fingerprint density at radius 2 is 2.05 bits per heavy atom. The van der Waals surface area contributed by atoms with E-state index in [9.17, 15) is 9.59 Å². The molecule has 6 nitrogen and oxygen atoms in total. The van der Waals surface area contributed by atoms with Gasteiger partial charge in [0.25, 0.3) is 0 Å². The number of aliphatic hydroxyl groups is 1. The second-order valence-electron chi connectivity index (χ2n) is 5.55. The van der Waals surface area contributed by atoms with Gasteiger partial charge in [0, 0.05) is 18.0 Å². The fraction of sp³-hybridized carbons (Fsp3) is 0.571. The average molecular weight is 314 g/mol. The average Bonchev–Trinajstić information content (AvgIpc) is 2.82. The maximum atomic E-state index is 11.8. The summed E-state index contributed by atoms with van der Waals surface area (Å²) >= 11 is 1.36. The van der Waals surface area contributed by atoms with Gasteiger partial charge in [-0.2, -0.15) is 0 Å². The van der Waals surface area contributed by atoms with Crippen LogP contribution < -0.4 is 10.6 Å². The minimum absolute atomic E-state index is 0.0147. The zero-order chi connectivity index (χ0) is 16.0. The van der Waals surface area contributed by atoms with Crippen LogP contribution in [0.5, 0.6) is 0 Å². The number of urea groups is 1. The number of carbonyl (C=O) groups is 2. The first-order valence-electron chi connectivity index (χ1n) is 6.68. The van der Waals surface area contributed by atoms with Crippen molar-refractivity contribution in [1.29, 1.82) is 0 Å². The lowest BCUT2D eigenvalue weighted by atomic mass is 9.94. The van der Waals surface area contributed by atoms with Crippen LogP contribution >= 0.6 is 11.3 Å². The van der Waals surface area contributed by atoms with E-state index >= 15 is 0 Å². The van der Waals surface area contributed by atoms with Gasteiger partial charge in [0.05, 0.1) is 12.7 Å². The van der Waals surface area contributed by atoms with Crippen molar-refractivity contribution >= 4 is 28.3 Å². The van der Waals surface area contributed by atoms with E-state index in [2.05, 4.69) is 10.6 Å². The van der Waals surface area contributed by atoms with Crippen molar-refractivity contribution < 1.29 is 19.4 Å². The van der Waals surface area contributed by atoms with E-state index in [0.29, 0.717) is 23.5 Å². The SMILES string of the molecule is COC(=O)c1cc(C(C)(C)C)sc1NC(=O)NCCCO. The summed E-state index contributed by atoms with van der Waals surface area (Å²) in [4.78, 5) is 24.5. The molecule has 0 unspecified atom stereocenters. The number of thiophene rings is 1. The fourth-order valence-electron chi connectivity index (χ4n) is 1.54. The molecule has 0 aliphatic carbocycles. The van der Waals surface area contributed by atoms with Crippen LogP contribution in [0.15, 0.2) is 6.07 Å². The standard InChI is InChI=1S/C14H22N2O4S/c1-14(2,3)10-8-9(12(18)20-4)11(21-10)16-13(19)15-6-5-7-17/h8,17H,5-7H2,1-4H3,(H2,15,16,19). The van der Waals surface area contributed by atoms with Crippen LogP contribution in [0.25, 0.3) is 0 Å². The van der Waals surface area contributed by atoms with Gasteiger partial charge < -0.3 is 15.2 Å². The van der Waals surface area contributed by atoms with Gasteiger partial charge in [-0.15, -0.1) is 11.3 Å². The number of amides is 2. The number of esters is 1. The lowest BCUT2D eigenvalue weighted by Crippen LogP contribution is -2.30. The second kappa shape index (κ2) is 7.42. The van der Waals surface area contributed by atoms with E-state index in [4.69, 9.17) is 9.84 Å². The van der Waals surface area contributed by atoms with Crippen LogP contribution in [0.2, 0.25) is 0 Å². The summed E-state index contributed by atoms with van der Waals surface area (Å²) in [7, 11) is 1.31. The molecule has 1 aromatic heterocycles. The Bertz CT molecular complexity index is 506. The van der Waals surface area contributed by atoms with Crippen LogP contribution in [-0.2, 0) is 10.2 Å². The van der Waals surface area contributed by atoms with Crippen LogP contribution in [-0.4, -0.2) is 37.4 Å². The molecule has 0 aliphatic rings. The summed E-state index contributed by atoms with van der Waals surface area (Å²) in [6.07, 6.45) is 0.481. The highest BCUT2D eigenvalue weighted by atomic mass is 32.1. The summed E-state index contributed by atoms with van der Waals surface area (Å²) in [5.41, 5.74) is 0.227. The quantitative estimate of drug-likeness (QED) is 0.575. The van der Waals surface area contributed by atoms with E-state index in [1.54, 1.807) is 6.07 Å². The molecule has 1 rings (SSSR count). The number of ether oxygens (including phenoxy) is 1. The Morgan fingerprint density at radius 1 is 1.38 bits per heavy atom. The molecule has 7 heteroatoms. The number of hydrogen-bond acceptors (Lipinski definition) is 5. The molecule has 0 aromatic carbocycles. The number of rotatable bonds is 5. The van der Waals surface area contributed by atoms with E-state index in [1.165, 1.54) is 18.4 Å². The Hall–Kier alpha value is -1.60. The zero-order valence-corrected chi connectivity index (χ0v) is 13.6. The molecule has 1 aromatic rings. The van der Waals surface area contributed by atoms with Gasteiger partial charge in [0.1, 0.15) is 5.00 Å². The smallest absolute Gasteiger partial charge is 0.340 e. The topological polar surface area (TPSA) is 87.7 Å².